The van der Waals surface area contributed by atoms with Gasteiger partial charge in [-0.2, -0.15) is 0 Å². The van der Waals surface area contributed by atoms with Crippen molar-refractivity contribution >= 4 is 0 Å². The van der Waals surface area contributed by atoms with Gasteiger partial charge in [0.15, 0.2) is 0 Å². The molecule has 2 aliphatic carbocycles. The van der Waals surface area contributed by atoms with Gasteiger partial charge in [0.05, 0.1) is 0 Å². The third-order valence-electron chi connectivity index (χ3n) is 2.50. The third-order valence-corrected chi connectivity index (χ3v) is 2.50. The van der Waals surface area contributed by atoms with E-state index in [-0.39, 0.29) is 17.1 Å². The molecule has 0 N–H and O–H groups in total. The monoisotopic (exact) mass is 218 g/mol. The van der Waals surface area contributed by atoms with Crippen molar-refractivity contribution in [2.24, 2.45) is 0 Å². The molecule has 0 aromatic heterocycles. The van der Waals surface area contributed by atoms with E-state index in [0.717, 1.165) is 12.8 Å². The van der Waals surface area contributed by atoms with E-state index in [1.54, 1.807) is 0 Å². The molecule has 2 saturated carbocycles. The Bertz CT molecular complexity index is 128. The number of terminal acetylenes is 1. The van der Waals surface area contributed by atoms with Gasteiger partial charge in [0.2, 0.25) is 0 Å². The Labute approximate surface area is 93.3 Å². The number of rotatable bonds is 0. The first-order valence-corrected chi connectivity index (χ1v) is 5.06. The fourth-order valence-electron chi connectivity index (χ4n) is 1.67. The van der Waals surface area contributed by atoms with Gasteiger partial charge in [-0.05, 0) is 25.7 Å². The van der Waals surface area contributed by atoms with Crippen LogP contribution in [-0.4, -0.2) is 0 Å². The normalized spacial score (nSPS) is 21.2. The first kappa shape index (κ1) is 13.1. The van der Waals surface area contributed by atoms with E-state index in [0.29, 0.717) is 0 Å². The first-order valence-electron chi connectivity index (χ1n) is 5.06. The summed E-state index contributed by atoms with van der Waals surface area (Å²) in [6, 6.07) is 0. The Morgan fingerprint density at radius 1 is 1.08 bits per heavy atom. The van der Waals surface area contributed by atoms with Crippen LogP contribution in [0.15, 0.2) is 0 Å². The zero-order valence-corrected chi connectivity index (χ0v) is 9.27. The minimum absolute atomic E-state index is 0. The van der Waals surface area contributed by atoms with Gasteiger partial charge < -0.3 is 0 Å². The van der Waals surface area contributed by atoms with Crippen LogP contribution in [0.3, 0.4) is 0 Å². The molecule has 0 saturated heterocycles. The Morgan fingerprint density at radius 3 is 1.85 bits per heavy atom. The second-order valence-electron chi connectivity index (χ2n) is 3.55. The molecule has 0 unspecified atom stereocenters. The van der Waals surface area contributed by atoms with Crippen LogP contribution < -0.4 is 0 Å². The predicted molar refractivity (Wildman–Crippen MR) is 53.3 cm³/mol. The van der Waals surface area contributed by atoms with Gasteiger partial charge in [-0.25, -0.2) is 0 Å². The molecular weight excluding hydrogens is 200 g/mol. The van der Waals surface area contributed by atoms with Crippen molar-refractivity contribution in [2.75, 3.05) is 0 Å². The zero-order chi connectivity index (χ0) is 8.65. The minimum atomic E-state index is 0. The Hall–Kier alpha value is 0.0795. The van der Waals surface area contributed by atoms with Gasteiger partial charge in [-0.15, -0.1) is 6.42 Å². The third kappa shape index (κ3) is 6.19. The second kappa shape index (κ2) is 8.67. The molecule has 0 spiro atoms. The number of hydrogen-bond acceptors (Lipinski definition) is 0. The van der Waals surface area contributed by atoms with Crippen LogP contribution in [0.5, 0.6) is 0 Å². The molecule has 2 aliphatic rings. The van der Waals surface area contributed by atoms with Crippen LogP contribution in [0.2, 0.25) is 0 Å². The molecule has 0 heterocycles. The molecule has 0 nitrogen and oxygen atoms in total. The molecule has 1 heteroatoms. The quantitative estimate of drug-likeness (QED) is 0.431. The molecule has 13 heavy (non-hydrogen) atoms. The molecule has 2 rings (SSSR count). The van der Waals surface area contributed by atoms with Gasteiger partial charge >= 0.3 is 0 Å². The van der Waals surface area contributed by atoms with E-state index < -0.39 is 0 Å². The Kier molecular flexibility index (Phi) is 8.72. The molecular formula is C12H18Fe. The minimum Gasteiger partial charge on any atom is -0.119 e. The molecule has 0 bridgehead atoms. The standard InChI is InChI=1S/C7H8.C5H10.Fe/c1-2-7-5-3-4-6-7;1-2-4-5-3-1;/h1,3H,4-6H2;1-5H2;. The predicted octanol–water partition coefficient (Wildman–Crippen LogP) is 3.53. The first-order chi connectivity index (χ1) is 5.93. The van der Waals surface area contributed by atoms with Crippen molar-refractivity contribution in [1.29, 1.82) is 0 Å². The van der Waals surface area contributed by atoms with Gasteiger partial charge in [0.1, 0.15) is 0 Å². The van der Waals surface area contributed by atoms with Crippen molar-refractivity contribution < 1.29 is 17.1 Å². The van der Waals surface area contributed by atoms with Crippen molar-refractivity contribution in [3.05, 3.63) is 12.3 Å². The van der Waals surface area contributed by atoms with E-state index in [2.05, 4.69) is 12.3 Å². The van der Waals surface area contributed by atoms with E-state index in [4.69, 9.17) is 6.42 Å². The average Bonchev–Trinajstić information content (AvgIpc) is 2.81. The summed E-state index contributed by atoms with van der Waals surface area (Å²) in [5.74, 6) is 3.91. The maximum absolute atomic E-state index is 5.13. The van der Waals surface area contributed by atoms with Gasteiger partial charge in [-0.3, -0.25) is 0 Å². The molecule has 0 aromatic carbocycles. The van der Waals surface area contributed by atoms with E-state index in [1.807, 2.05) is 0 Å². The summed E-state index contributed by atoms with van der Waals surface area (Å²) >= 11 is 0. The Balaban J connectivity index is 0.000000215. The van der Waals surface area contributed by atoms with Crippen molar-refractivity contribution in [1.82, 2.24) is 0 Å². The van der Waals surface area contributed by atoms with Gasteiger partial charge in [0.25, 0.3) is 0 Å². The van der Waals surface area contributed by atoms with Gasteiger partial charge in [0, 0.05) is 23.0 Å². The summed E-state index contributed by atoms with van der Waals surface area (Å²) in [6.45, 7) is 0. The molecule has 2 radical (unpaired) electrons. The Morgan fingerprint density at radius 2 is 1.62 bits per heavy atom. The van der Waals surface area contributed by atoms with Crippen LogP contribution in [0, 0.1) is 24.7 Å². The maximum atomic E-state index is 5.13. The number of hydrogen-bond donors (Lipinski definition) is 0. The fourth-order valence-corrected chi connectivity index (χ4v) is 1.67. The molecule has 74 valence electrons. The van der Waals surface area contributed by atoms with E-state index in [1.165, 1.54) is 44.4 Å². The van der Waals surface area contributed by atoms with Crippen LogP contribution in [-0.2, 0) is 17.1 Å². The van der Waals surface area contributed by atoms with Gasteiger partial charge in [-0.1, -0.05) is 38.0 Å². The van der Waals surface area contributed by atoms with Crippen molar-refractivity contribution in [3.63, 3.8) is 0 Å². The summed E-state index contributed by atoms with van der Waals surface area (Å²) in [7, 11) is 0. The second-order valence-corrected chi connectivity index (χ2v) is 3.55. The summed E-state index contributed by atoms with van der Waals surface area (Å²) in [6.07, 6.45) is 18.3. The van der Waals surface area contributed by atoms with Crippen molar-refractivity contribution in [2.45, 2.75) is 51.4 Å². The van der Waals surface area contributed by atoms with Crippen LogP contribution >= 0.6 is 0 Å². The van der Waals surface area contributed by atoms with Crippen molar-refractivity contribution in [3.8, 4) is 12.3 Å². The molecule has 0 aromatic rings. The van der Waals surface area contributed by atoms with Crippen LogP contribution in [0.1, 0.15) is 51.4 Å². The molecule has 0 aliphatic heterocycles. The van der Waals surface area contributed by atoms with E-state index >= 15 is 0 Å². The summed E-state index contributed by atoms with van der Waals surface area (Å²) in [5.41, 5.74) is 0. The van der Waals surface area contributed by atoms with Crippen LogP contribution in [0.25, 0.3) is 0 Å². The zero-order valence-electron chi connectivity index (χ0n) is 8.17. The fraction of sp³-hybridized carbons (Fsp3) is 0.667. The average molecular weight is 218 g/mol. The maximum Gasteiger partial charge on any atom is 0.0480 e. The molecule has 2 fully saturated rings. The molecule has 0 amide bonds. The largest absolute Gasteiger partial charge is 0.119 e. The SMILES string of the molecule is C#C[C]1C[CH]CC1.C1CCCC1.[Fe]. The van der Waals surface area contributed by atoms with Crippen LogP contribution in [0.4, 0.5) is 0 Å². The molecule has 0 atom stereocenters. The smallest absolute Gasteiger partial charge is 0.0480 e. The summed E-state index contributed by atoms with van der Waals surface area (Å²) in [4.78, 5) is 0. The summed E-state index contributed by atoms with van der Waals surface area (Å²) in [5, 5.41) is 0. The van der Waals surface area contributed by atoms with E-state index in [9.17, 15) is 0 Å². The summed E-state index contributed by atoms with van der Waals surface area (Å²) < 4.78 is 0. The topological polar surface area (TPSA) is 0 Å².